The Hall–Kier alpha value is -2.67. The summed E-state index contributed by atoms with van der Waals surface area (Å²) in [5.74, 6) is -2.28. The molecule has 0 bridgehead atoms. The van der Waals surface area contributed by atoms with Gasteiger partial charge in [-0.3, -0.25) is 9.59 Å². The van der Waals surface area contributed by atoms with Gasteiger partial charge in [0.2, 0.25) is 0 Å². The zero-order valence-corrected chi connectivity index (χ0v) is 13.7. The van der Waals surface area contributed by atoms with Crippen molar-refractivity contribution >= 4 is 17.5 Å². The topological polar surface area (TPSA) is 72.4 Å². The van der Waals surface area contributed by atoms with Crippen LogP contribution < -0.4 is 10.6 Å². The quantitative estimate of drug-likeness (QED) is 0.817. The number of anilines is 1. The SMILES string of the molecule is O=C(NCC[C@@H]1CCCO1)C(=O)Nc1cc(-n2cccc2)ccc1F. The normalized spacial score (nSPS) is 16.6. The molecule has 2 heterocycles. The molecule has 0 unspecified atom stereocenters. The number of benzene rings is 1. The van der Waals surface area contributed by atoms with Crippen molar-refractivity contribution in [2.75, 3.05) is 18.5 Å². The second kappa shape index (κ2) is 7.94. The molecule has 1 aliphatic rings. The van der Waals surface area contributed by atoms with E-state index in [9.17, 15) is 14.0 Å². The number of ether oxygens (including phenoxy) is 1. The van der Waals surface area contributed by atoms with Crippen molar-refractivity contribution in [2.45, 2.75) is 25.4 Å². The third-order valence-corrected chi connectivity index (χ3v) is 4.08. The number of hydrogen-bond donors (Lipinski definition) is 2. The smallest absolute Gasteiger partial charge is 0.313 e. The van der Waals surface area contributed by atoms with Crippen LogP contribution in [0.5, 0.6) is 0 Å². The molecule has 7 heteroatoms. The zero-order chi connectivity index (χ0) is 17.6. The first-order valence-electron chi connectivity index (χ1n) is 8.27. The molecule has 1 aromatic heterocycles. The second-order valence-electron chi connectivity index (χ2n) is 5.89. The lowest BCUT2D eigenvalue weighted by atomic mass is 10.2. The molecule has 1 aromatic carbocycles. The minimum Gasteiger partial charge on any atom is -0.378 e. The highest BCUT2D eigenvalue weighted by Gasteiger charge is 2.18. The molecule has 0 aliphatic carbocycles. The first kappa shape index (κ1) is 17.2. The first-order chi connectivity index (χ1) is 12.1. The van der Waals surface area contributed by atoms with Gasteiger partial charge in [0.1, 0.15) is 5.82 Å². The number of nitrogens with zero attached hydrogens (tertiary/aromatic N) is 1. The van der Waals surface area contributed by atoms with Gasteiger partial charge in [0.15, 0.2) is 0 Å². The van der Waals surface area contributed by atoms with Gasteiger partial charge in [-0.1, -0.05) is 0 Å². The first-order valence-corrected chi connectivity index (χ1v) is 8.27. The van der Waals surface area contributed by atoms with Gasteiger partial charge in [-0.05, 0) is 49.6 Å². The van der Waals surface area contributed by atoms with Crippen LogP contribution in [0.4, 0.5) is 10.1 Å². The lowest BCUT2D eigenvalue weighted by molar-refractivity contribution is -0.136. The molecule has 1 fully saturated rings. The molecular weight excluding hydrogens is 325 g/mol. The molecule has 2 N–H and O–H groups in total. The fourth-order valence-corrected chi connectivity index (χ4v) is 2.75. The van der Waals surface area contributed by atoms with E-state index in [1.54, 1.807) is 23.0 Å². The molecule has 132 valence electrons. The summed E-state index contributed by atoms with van der Waals surface area (Å²) >= 11 is 0. The Morgan fingerprint density at radius 3 is 2.76 bits per heavy atom. The molecule has 1 saturated heterocycles. The number of aromatic nitrogens is 1. The van der Waals surface area contributed by atoms with E-state index >= 15 is 0 Å². The van der Waals surface area contributed by atoms with Crippen LogP contribution in [0.25, 0.3) is 5.69 Å². The number of halogens is 1. The summed E-state index contributed by atoms with van der Waals surface area (Å²) in [7, 11) is 0. The van der Waals surface area contributed by atoms with Gasteiger partial charge in [-0.2, -0.15) is 0 Å². The number of rotatable bonds is 5. The third-order valence-electron chi connectivity index (χ3n) is 4.08. The molecule has 0 saturated carbocycles. The van der Waals surface area contributed by atoms with E-state index < -0.39 is 17.6 Å². The molecule has 0 radical (unpaired) electrons. The molecular formula is C18H20FN3O3. The summed E-state index contributed by atoms with van der Waals surface area (Å²) in [4.78, 5) is 23.8. The third kappa shape index (κ3) is 4.45. The van der Waals surface area contributed by atoms with E-state index in [2.05, 4.69) is 10.6 Å². The van der Waals surface area contributed by atoms with Crippen LogP contribution >= 0.6 is 0 Å². The van der Waals surface area contributed by atoms with Crippen LogP contribution in [0, 0.1) is 5.82 Å². The van der Waals surface area contributed by atoms with Crippen LogP contribution in [0.2, 0.25) is 0 Å². The van der Waals surface area contributed by atoms with Gasteiger partial charge in [0, 0.05) is 31.2 Å². The predicted molar refractivity (Wildman–Crippen MR) is 91.0 cm³/mol. The highest BCUT2D eigenvalue weighted by molar-refractivity contribution is 6.39. The highest BCUT2D eigenvalue weighted by atomic mass is 19.1. The predicted octanol–water partition coefficient (Wildman–Crippen LogP) is 2.24. The van der Waals surface area contributed by atoms with Gasteiger partial charge in [-0.25, -0.2) is 4.39 Å². The Bertz CT molecular complexity index is 740. The molecule has 0 spiro atoms. The van der Waals surface area contributed by atoms with Crippen molar-refractivity contribution in [2.24, 2.45) is 0 Å². The van der Waals surface area contributed by atoms with E-state index in [0.29, 0.717) is 18.7 Å². The molecule has 1 aliphatic heterocycles. The lowest BCUT2D eigenvalue weighted by Gasteiger charge is -2.11. The van der Waals surface area contributed by atoms with E-state index in [4.69, 9.17) is 4.74 Å². The monoisotopic (exact) mass is 345 g/mol. The maximum absolute atomic E-state index is 13.9. The Labute approximate surface area is 145 Å². The fraction of sp³-hybridized carbons (Fsp3) is 0.333. The second-order valence-corrected chi connectivity index (χ2v) is 5.89. The summed E-state index contributed by atoms with van der Waals surface area (Å²) < 4.78 is 21.1. The minimum atomic E-state index is -0.893. The Morgan fingerprint density at radius 2 is 2.04 bits per heavy atom. The van der Waals surface area contributed by atoms with E-state index in [-0.39, 0.29) is 11.8 Å². The van der Waals surface area contributed by atoms with Gasteiger partial charge in [0.05, 0.1) is 11.8 Å². The van der Waals surface area contributed by atoms with Gasteiger partial charge in [-0.15, -0.1) is 0 Å². The number of hydrogen-bond acceptors (Lipinski definition) is 3. The molecule has 2 aromatic rings. The number of amides is 2. The van der Waals surface area contributed by atoms with Crippen molar-refractivity contribution in [1.82, 2.24) is 9.88 Å². The summed E-state index contributed by atoms with van der Waals surface area (Å²) in [6.07, 6.45) is 6.40. The lowest BCUT2D eigenvalue weighted by Crippen LogP contribution is -2.37. The van der Waals surface area contributed by atoms with Crippen LogP contribution in [-0.4, -0.2) is 35.6 Å². The average molecular weight is 345 g/mol. The molecule has 1 atom stereocenters. The Morgan fingerprint density at radius 1 is 1.24 bits per heavy atom. The molecule has 25 heavy (non-hydrogen) atoms. The van der Waals surface area contributed by atoms with Gasteiger partial charge < -0.3 is 19.9 Å². The molecule has 3 rings (SSSR count). The maximum atomic E-state index is 13.9. The largest absolute Gasteiger partial charge is 0.378 e. The number of nitrogens with one attached hydrogen (secondary N) is 2. The summed E-state index contributed by atoms with van der Waals surface area (Å²) in [6.45, 7) is 1.10. The minimum absolute atomic E-state index is 0.0366. The van der Waals surface area contributed by atoms with Crippen molar-refractivity contribution in [1.29, 1.82) is 0 Å². The average Bonchev–Trinajstić information content (AvgIpc) is 3.30. The number of carbonyl (C=O) groups is 2. The van der Waals surface area contributed by atoms with Crippen LogP contribution in [0.15, 0.2) is 42.7 Å². The van der Waals surface area contributed by atoms with Gasteiger partial charge in [0.25, 0.3) is 0 Å². The Balaban J connectivity index is 1.56. The van der Waals surface area contributed by atoms with Crippen molar-refractivity contribution in [3.8, 4) is 5.69 Å². The summed E-state index contributed by atoms with van der Waals surface area (Å²) in [6, 6.07) is 7.99. The molecule has 2 amide bonds. The number of carbonyl (C=O) groups excluding carboxylic acids is 2. The summed E-state index contributed by atoms with van der Waals surface area (Å²) in [5, 5.41) is 4.85. The van der Waals surface area contributed by atoms with E-state index in [0.717, 1.165) is 19.4 Å². The molecule has 6 nitrogen and oxygen atoms in total. The summed E-state index contributed by atoms with van der Waals surface area (Å²) in [5.41, 5.74) is 0.644. The van der Waals surface area contributed by atoms with Crippen LogP contribution in [0.1, 0.15) is 19.3 Å². The van der Waals surface area contributed by atoms with Crippen molar-refractivity contribution in [3.63, 3.8) is 0 Å². The highest BCUT2D eigenvalue weighted by Crippen LogP contribution is 2.19. The zero-order valence-electron chi connectivity index (χ0n) is 13.7. The Kier molecular flexibility index (Phi) is 5.45. The van der Waals surface area contributed by atoms with E-state index in [1.165, 1.54) is 12.1 Å². The van der Waals surface area contributed by atoms with E-state index in [1.807, 2.05) is 12.1 Å². The fourth-order valence-electron chi connectivity index (χ4n) is 2.75. The standard InChI is InChI=1S/C18H20FN3O3/c19-15-6-5-13(22-9-1-2-10-22)12-16(15)21-18(24)17(23)20-8-7-14-4-3-11-25-14/h1-2,5-6,9-10,12,14H,3-4,7-8,11H2,(H,20,23)(H,21,24)/t14-/m0/s1. The van der Waals surface area contributed by atoms with Crippen LogP contribution in [0.3, 0.4) is 0 Å². The van der Waals surface area contributed by atoms with Crippen LogP contribution in [-0.2, 0) is 14.3 Å². The van der Waals surface area contributed by atoms with Crippen molar-refractivity contribution < 1.29 is 18.7 Å². The van der Waals surface area contributed by atoms with Gasteiger partial charge >= 0.3 is 11.8 Å². The van der Waals surface area contributed by atoms with Crippen molar-refractivity contribution in [3.05, 3.63) is 48.5 Å². The maximum Gasteiger partial charge on any atom is 0.313 e.